The van der Waals surface area contributed by atoms with Crippen molar-refractivity contribution in [2.45, 2.75) is 6.42 Å². The molecule has 0 atom stereocenters. The third kappa shape index (κ3) is 3.10. The lowest BCUT2D eigenvalue weighted by Crippen LogP contribution is -2.23. The van der Waals surface area contributed by atoms with Gasteiger partial charge in [-0.15, -0.1) is 0 Å². The number of rotatable bonds is 3. The van der Waals surface area contributed by atoms with Gasteiger partial charge < -0.3 is 9.73 Å². The Bertz CT molecular complexity index is 844. The summed E-state index contributed by atoms with van der Waals surface area (Å²) in [4.78, 5) is 11.4. The van der Waals surface area contributed by atoms with Gasteiger partial charge in [0.2, 0.25) is 0 Å². The lowest BCUT2D eigenvalue weighted by atomic mass is 10.1. The highest BCUT2D eigenvalue weighted by Gasteiger charge is 2.07. The Hall–Kier alpha value is -3.19. The number of fused-ring (bicyclic) bond motifs is 1. The van der Waals surface area contributed by atoms with Crippen LogP contribution in [0.3, 0.4) is 0 Å². The number of anilines is 1. The fraction of sp³-hybridized carbons (Fsp3) is 0.0556. The molecule has 2 amide bonds. The summed E-state index contributed by atoms with van der Waals surface area (Å²) >= 11 is 0. The van der Waals surface area contributed by atoms with E-state index < -0.39 is 6.03 Å². The second-order valence-electron chi connectivity index (χ2n) is 4.85. The fourth-order valence-electron chi connectivity index (χ4n) is 2.29. The number of benzene rings is 2. The molecule has 0 unspecified atom stereocenters. The molecule has 3 aromatic rings. The Labute approximate surface area is 128 Å². The first kappa shape index (κ1) is 13.8. The van der Waals surface area contributed by atoms with Gasteiger partial charge in [-0.05, 0) is 29.8 Å². The predicted octanol–water partition coefficient (Wildman–Crippen LogP) is 3.74. The number of amides is 2. The zero-order chi connectivity index (χ0) is 15.4. The van der Waals surface area contributed by atoms with Crippen LogP contribution in [0, 0.1) is 12.5 Å². The zero-order valence-electron chi connectivity index (χ0n) is 11.8. The summed E-state index contributed by atoms with van der Waals surface area (Å²) in [5.41, 5.74) is 2.63. The molecule has 108 valence electrons. The van der Waals surface area contributed by atoms with Crippen LogP contribution in [0.4, 0.5) is 10.5 Å². The van der Waals surface area contributed by atoms with E-state index in [1.54, 1.807) is 6.07 Å². The molecule has 0 saturated heterocycles. The molecule has 22 heavy (non-hydrogen) atoms. The second-order valence-corrected chi connectivity index (χ2v) is 4.85. The number of furan rings is 1. The first-order chi connectivity index (χ1) is 10.7. The SMILES string of the molecule is C#CNC(=O)Nc1ccc2oc(Cc3ccccc3)cc2c1. The minimum atomic E-state index is -0.435. The van der Waals surface area contributed by atoms with Crippen LogP contribution in [0.2, 0.25) is 0 Å². The summed E-state index contributed by atoms with van der Waals surface area (Å²) in [5.74, 6) is 0.881. The van der Waals surface area contributed by atoms with Crippen LogP contribution >= 0.6 is 0 Å². The summed E-state index contributed by atoms with van der Waals surface area (Å²) in [6, 6.07) is 19.2. The summed E-state index contributed by atoms with van der Waals surface area (Å²) < 4.78 is 5.82. The quantitative estimate of drug-likeness (QED) is 0.570. The third-order valence-corrected chi connectivity index (χ3v) is 3.23. The van der Waals surface area contributed by atoms with Crippen molar-refractivity contribution in [2.75, 3.05) is 5.32 Å². The van der Waals surface area contributed by atoms with Crippen LogP contribution in [0.1, 0.15) is 11.3 Å². The molecule has 4 heteroatoms. The number of nitrogens with one attached hydrogen (secondary N) is 2. The summed E-state index contributed by atoms with van der Waals surface area (Å²) in [6.07, 6.45) is 5.75. The highest BCUT2D eigenvalue weighted by atomic mass is 16.3. The maximum absolute atomic E-state index is 11.4. The Kier molecular flexibility index (Phi) is 3.80. The smallest absolute Gasteiger partial charge is 0.330 e. The van der Waals surface area contributed by atoms with Gasteiger partial charge in [-0.1, -0.05) is 36.8 Å². The lowest BCUT2D eigenvalue weighted by Gasteiger charge is -2.02. The van der Waals surface area contributed by atoms with Crippen molar-refractivity contribution >= 4 is 22.7 Å². The molecule has 0 spiro atoms. The van der Waals surface area contributed by atoms with Crippen molar-refractivity contribution in [2.24, 2.45) is 0 Å². The normalized spacial score (nSPS) is 10.1. The van der Waals surface area contributed by atoms with E-state index >= 15 is 0 Å². The average molecular weight is 290 g/mol. The molecule has 0 saturated carbocycles. The molecular formula is C18H14N2O2. The standard InChI is InChI=1S/C18H14N2O2/c1-2-19-18(21)20-15-8-9-17-14(11-15)12-16(22-17)10-13-6-4-3-5-7-13/h1,3-9,11-12H,10H2,(H2,19,20,21). The molecule has 0 aliphatic carbocycles. The van der Waals surface area contributed by atoms with Crippen LogP contribution in [0.15, 0.2) is 59.0 Å². The lowest BCUT2D eigenvalue weighted by molar-refractivity contribution is 0.255. The van der Waals surface area contributed by atoms with Gasteiger partial charge in [-0.2, -0.15) is 0 Å². The van der Waals surface area contributed by atoms with Gasteiger partial charge in [0.15, 0.2) is 0 Å². The molecule has 3 rings (SSSR count). The van der Waals surface area contributed by atoms with E-state index in [1.807, 2.05) is 36.4 Å². The molecule has 0 radical (unpaired) electrons. The topological polar surface area (TPSA) is 54.3 Å². The van der Waals surface area contributed by atoms with Crippen molar-refractivity contribution < 1.29 is 9.21 Å². The number of hydrogen-bond acceptors (Lipinski definition) is 2. The van der Waals surface area contributed by atoms with E-state index in [4.69, 9.17) is 10.8 Å². The van der Waals surface area contributed by atoms with E-state index in [0.29, 0.717) is 5.69 Å². The third-order valence-electron chi connectivity index (χ3n) is 3.23. The first-order valence-electron chi connectivity index (χ1n) is 6.83. The molecule has 0 aliphatic rings. The largest absolute Gasteiger partial charge is 0.461 e. The second kappa shape index (κ2) is 6.06. The number of carbonyl (C=O) groups is 1. The monoisotopic (exact) mass is 290 g/mol. The van der Waals surface area contributed by atoms with E-state index in [0.717, 1.165) is 23.2 Å². The van der Waals surface area contributed by atoms with Gasteiger partial charge in [0, 0.05) is 23.5 Å². The van der Waals surface area contributed by atoms with Gasteiger partial charge >= 0.3 is 6.03 Å². The highest BCUT2D eigenvalue weighted by molar-refractivity contribution is 5.93. The summed E-state index contributed by atoms with van der Waals surface area (Å²) in [5, 5.41) is 5.83. The average Bonchev–Trinajstić information content (AvgIpc) is 2.90. The maximum Gasteiger partial charge on any atom is 0.330 e. The van der Waals surface area contributed by atoms with Crippen molar-refractivity contribution in [1.82, 2.24) is 5.32 Å². The van der Waals surface area contributed by atoms with E-state index in [-0.39, 0.29) is 0 Å². The van der Waals surface area contributed by atoms with E-state index in [9.17, 15) is 4.79 Å². The molecule has 4 nitrogen and oxygen atoms in total. The van der Waals surface area contributed by atoms with Crippen LogP contribution in [0.5, 0.6) is 0 Å². The number of carbonyl (C=O) groups excluding carboxylic acids is 1. The van der Waals surface area contributed by atoms with E-state index in [2.05, 4.69) is 28.8 Å². The molecule has 0 fully saturated rings. The Morgan fingerprint density at radius 1 is 1.14 bits per heavy atom. The molecular weight excluding hydrogens is 276 g/mol. The Morgan fingerprint density at radius 2 is 1.95 bits per heavy atom. The molecule has 1 aromatic heterocycles. The van der Waals surface area contributed by atoms with Crippen LogP contribution < -0.4 is 10.6 Å². The number of urea groups is 1. The van der Waals surface area contributed by atoms with Crippen LogP contribution in [-0.2, 0) is 6.42 Å². The highest BCUT2D eigenvalue weighted by Crippen LogP contribution is 2.24. The van der Waals surface area contributed by atoms with Crippen molar-refractivity contribution in [3.8, 4) is 12.5 Å². The van der Waals surface area contributed by atoms with Crippen LogP contribution in [0.25, 0.3) is 11.0 Å². The van der Waals surface area contributed by atoms with Gasteiger partial charge in [0.05, 0.1) is 0 Å². The predicted molar refractivity (Wildman–Crippen MR) is 86.4 cm³/mol. The number of terminal acetylenes is 1. The molecule has 0 bridgehead atoms. The van der Waals surface area contributed by atoms with Gasteiger partial charge in [0.1, 0.15) is 11.3 Å². The molecule has 0 aliphatic heterocycles. The Morgan fingerprint density at radius 3 is 2.73 bits per heavy atom. The summed E-state index contributed by atoms with van der Waals surface area (Å²) in [6.45, 7) is 0. The molecule has 2 N–H and O–H groups in total. The molecule has 2 aromatic carbocycles. The minimum Gasteiger partial charge on any atom is -0.461 e. The number of hydrogen-bond donors (Lipinski definition) is 2. The van der Waals surface area contributed by atoms with Gasteiger partial charge in [-0.3, -0.25) is 5.32 Å². The first-order valence-corrected chi connectivity index (χ1v) is 6.83. The van der Waals surface area contributed by atoms with Crippen molar-refractivity contribution in [3.63, 3.8) is 0 Å². The van der Waals surface area contributed by atoms with Crippen molar-refractivity contribution in [1.29, 1.82) is 0 Å². The van der Waals surface area contributed by atoms with Crippen LogP contribution in [-0.4, -0.2) is 6.03 Å². The fourth-order valence-corrected chi connectivity index (χ4v) is 2.29. The summed E-state index contributed by atoms with van der Waals surface area (Å²) in [7, 11) is 0. The zero-order valence-corrected chi connectivity index (χ0v) is 11.8. The molecule has 1 heterocycles. The van der Waals surface area contributed by atoms with E-state index in [1.165, 1.54) is 5.56 Å². The van der Waals surface area contributed by atoms with Gasteiger partial charge in [-0.25, -0.2) is 4.79 Å². The van der Waals surface area contributed by atoms with Crippen molar-refractivity contribution in [3.05, 3.63) is 65.9 Å². The van der Waals surface area contributed by atoms with Gasteiger partial charge in [0.25, 0.3) is 0 Å². The maximum atomic E-state index is 11.4. The Balaban J connectivity index is 1.81. The minimum absolute atomic E-state index is 0.435.